The highest BCUT2D eigenvalue weighted by Gasteiger charge is 2.36. The molecule has 3 rings (SSSR count). The number of rotatable bonds is 6. The molecule has 0 amide bonds. The molecular formula is C16H24N4O. The number of fused-ring (bicyclic) bond motifs is 1. The summed E-state index contributed by atoms with van der Waals surface area (Å²) in [6, 6.07) is 4.08. The predicted octanol–water partition coefficient (Wildman–Crippen LogP) is 2.71. The van der Waals surface area contributed by atoms with Crippen molar-refractivity contribution in [3.63, 3.8) is 0 Å². The molecule has 5 nitrogen and oxygen atoms in total. The van der Waals surface area contributed by atoms with Gasteiger partial charge in [0.15, 0.2) is 5.65 Å². The van der Waals surface area contributed by atoms with Crippen molar-refractivity contribution in [1.29, 1.82) is 0 Å². The summed E-state index contributed by atoms with van der Waals surface area (Å²) < 4.78 is 1.88. The van der Waals surface area contributed by atoms with E-state index in [0.29, 0.717) is 0 Å². The van der Waals surface area contributed by atoms with Crippen LogP contribution in [-0.2, 0) is 6.42 Å². The van der Waals surface area contributed by atoms with E-state index in [4.69, 9.17) is 0 Å². The van der Waals surface area contributed by atoms with E-state index >= 15 is 0 Å². The van der Waals surface area contributed by atoms with E-state index in [0.717, 1.165) is 48.5 Å². The third-order valence-corrected chi connectivity index (χ3v) is 4.40. The maximum atomic E-state index is 9.65. The molecule has 2 N–H and O–H groups in total. The molecule has 1 saturated carbocycles. The van der Waals surface area contributed by atoms with E-state index in [1.165, 1.54) is 12.8 Å². The van der Waals surface area contributed by atoms with Gasteiger partial charge in [0.05, 0.1) is 17.8 Å². The Bertz CT molecular complexity index is 625. The Kier molecular flexibility index (Phi) is 3.85. The van der Waals surface area contributed by atoms with Crippen LogP contribution in [0.1, 0.15) is 50.4 Å². The molecule has 2 aromatic rings. The van der Waals surface area contributed by atoms with Crippen LogP contribution in [0.3, 0.4) is 0 Å². The lowest BCUT2D eigenvalue weighted by molar-refractivity contribution is 0.143. The molecular weight excluding hydrogens is 264 g/mol. The van der Waals surface area contributed by atoms with Crippen LogP contribution in [0.15, 0.2) is 12.1 Å². The molecule has 5 heteroatoms. The quantitative estimate of drug-likeness (QED) is 0.858. The van der Waals surface area contributed by atoms with E-state index in [1.807, 2.05) is 17.5 Å². The first kappa shape index (κ1) is 14.3. The molecule has 1 aliphatic carbocycles. The fourth-order valence-corrected chi connectivity index (χ4v) is 2.91. The van der Waals surface area contributed by atoms with E-state index < -0.39 is 0 Å². The zero-order chi connectivity index (χ0) is 14.9. The fourth-order valence-electron chi connectivity index (χ4n) is 2.91. The van der Waals surface area contributed by atoms with Crippen LogP contribution in [0.4, 0.5) is 5.82 Å². The lowest BCUT2D eigenvalue weighted by atomic mass is 9.77. The molecule has 114 valence electrons. The lowest BCUT2D eigenvalue weighted by Gasteiger charge is -2.41. The number of hydrogen-bond acceptors (Lipinski definition) is 4. The monoisotopic (exact) mass is 288 g/mol. The lowest BCUT2D eigenvalue weighted by Crippen LogP contribution is -2.48. The second-order valence-corrected chi connectivity index (χ2v) is 6.21. The predicted molar refractivity (Wildman–Crippen MR) is 83.6 cm³/mol. The van der Waals surface area contributed by atoms with Gasteiger partial charge in [-0.3, -0.25) is 0 Å². The standard InChI is InChI=1S/C16H24N4O/c1-3-4-6-13-10-14-17-12(2)9-15(20(14)19-13)18-16(11-21)7-5-8-16/h9-10,18,21H,3-8,11H2,1-2H3. The molecule has 0 bridgehead atoms. The normalized spacial score (nSPS) is 16.9. The Labute approximate surface area is 125 Å². The summed E-state index contributed by atoms with van der Waals surface area (Å²) >= 11 is 0. The van der Waals surface area contributed by atoms with Gasteiger partial charge >= 0.3 is 0 Å². The van der Waals surface area contributed by atoms with Crippen molar-refractivity contribution in [1.82, 2.24) is 14.6 Å². The second kappa shape index (κ2) is 5.64. The van der Waals surface area contributed by atoms with Crippen LogP contribution in [0.5, 0.6) is 0 Å². The zero-order valence-corrected chi connectivity index (χ0v) is 12.9. The number of nitrogens with one attached hydrogen (secondary N) is 1. The topological polar surface area (TPSA) is 62.5 Å². The molecule has 2 heterocycles. The zero-order valence-electron chi connectivity index (χ0n) is 12.9. The van der Waals surface area contributed by atoms with Crippen LogP contribution < -0.4 is 5.32 Å². The van der Waals surface area contributed by atoms with Crippen molar-refractivity contribution in [3.05, 3.63) is 23.5 Å². The van der Waals surface area contributed by atoms with Gasteiger partial charge in [-0.1, -0.05) is 13.3 Å². The summed E-state index contributed by atoms with van der Waals surface area (Å²) in [4.78, 5) is 4.56. The first-order valence-electron chi connectivity index (χ1n) is 7.91. The van der Waals surface area contributed by atoms with Crippen molar-refractivity contribution in [3.8, 4) is 0 Å². The maximum absolute atomic E-state index is 9.65. The van der Waals surface area contributed by atoms with Crippen molar-refractivity contribution in [2.75, 3.05) is 11.9 Å². The first-order valence-corrected chi connectivity index (χ1v) is 7.91. The smallest absolute Gasteiger partial charge is 0.157 e. The number of hydrogen-bond donors (Lipinski definition) is 2. The van der Waals surface area contributed by atoms with Gasteiger partial charge in [-0.05, 0) is 39.0 Å². The Hall–Kier alpha value is -1.62. The Morgan fingerprint density at radius 2 is 2.19 bits per heavy atom. The van der Waals surface area contributed by atoms with Gasteiger partial charge in [0.25, 0.3) is 0 Å². The average Bonchev–Trinajstić information content (AvgIpc) is 2.83. The molecule has 0 unspecified atom stereocenters. The summed E-state index contributed by atoms with van der Waals surface area (Å²) in [5.41, 5.74) is 2.77. The summed E-state index contributed by atoms with van der Waals surface area (Å²) in [6.45, 7) is 4.35. The number of aliphatic hydroxyl groups is 1. The molecule has 21 heavy (non-hydrogen) atoms. The molecule has 1 aliphatic rings. The molecule has 0 spiro atoms. The van der Waals surface area contributed by atoms with Gasteiger partial charge in [-0.15, -0.1) is 0 Å². The largest absolute Gasteiger partial charge is 0.394 e. The second-order valence-electron chi connectivity index (χ2n) is 6.21. The SMILES string of the molecule is CCCCc1cc2nc(C)cc(NC3(CO)CCC3)n2n1. The number of aromatic nitrogens is 3. The van der Waals surface area contributed by atoms with Crippen molar-refractivity contribution >= 4 is 11.5 Å². The maximum Gasteiger partial charge on any atom is 0.157 e. The third kappa shape index (κ3) is 2.75. The van der Waals surface area contributed by atoms with Crippen LogP contribution >= 0.6 is 0 Å². The number of anilines is 1. The number of aryl methyl sites for hydroxylation is 2. The Balaban J connectivity index is 1.94. The van der Waals surface area contributed by atoms with Gasteiger partial charge in [-0.2, -0.15) is 9.61 Å². The van der Waals surface area contributed by atoms with Crippen LogP contribution in [0.25, 0.3) is 5.65 Å². The molecule has 0 aromatic carbocycles. The van der Waals surface area contributed by atoms with Gasteiger partial charge in [0, 0.05) is 17.8 Å². The van der Waals surface area contributed by atoms with E-state index in [-0.39, 0.29) is 12.1 Å². The Morgan fingerprint density at radius 1 is 1.38 bits per heavy atom. The highest BCUT2D eigenvalue weighted by Crippen LogP contribution is 2.35. The molecule has 0 radical (unpaired) electrons. The number of aliphatic hydroxyl groups excluding tert-OH is 1. The molecule has 1 fully saturated rings. The minimum atomic E-state index is -0.170. The minimum absolute atomic E-state index is 0.166. The highest BCUT2D eigenvalue weighted by atomic mass is 16.3. The summed E-state index contributed by atoms with van der Waals surface area (Å²) in [7, 11) is 0. The van der Waals surface area contributed by atoms with Crippen LogP contribution in [0.2, 0.25) is 0 Å². The fraction of sp³-hybridized carbons (Fsp3) is 0.625. The number of nitrogens with zero attached hydrogens (tertiary/aromatic N) is 3. The molecule has 0 saturated heterocycles. The van der Waals surface area contributed by atoms with Crippen LogP contribution in [-0.4, -0.2) is 31.9 Å². The van der Waals surface area contributed by atoms with Crippen molar-refractivity contribution in [2.24, 2.45) is 0 Å². The van der Waals surface area contributed by atoms with Gasteiger partial charge in [0.1, 0.15) is 5.82 Å². The van der Waals surface area contributed by atoms with Crippen LogP contribution in [0, 0.1) is 6.92 Å². The summed E-state index contributed by atoms with van der Waals surface area (Å²) in [5, 5.41) is 17.8. The van der Waals surface area contributed by atoms with Gasteiger partial charge < -0.3 is 10.4 Å². The van der Waals surface area contributed by atoms with Gasteiger partial charge in [-0.25, -0.2) is 4.98 Å². The molecule has 0 atom stereocenters. The van der Waals surface area contributed by atoms with E-state index in [9.17, 15) is 5.11 Å². The molecule has 0 aliphatic heterocycles. The van der Waals surface area contributed by atoms with Crippen molar-refractivity contribution < 1.29 is 5.11 Å². The third-order valence-electron chi connectivity index (χ3n) is 4.40. The summed E-state index contributed by atoms with van der Waals surface area (Å²) in [6.07, 6.45) is 6.49. The molecule has 2 aromatic heterocycles. The first-order chi connectivity index (χ1) is 10.2. The van der Waals surface area contributed by atoms with Gasteiger partial charge in [0.2, 0.25) is 0 Å². The average molecular weight is 288 g/mol. The summed E-state index contributed by atoms with van der Waals surface area (Å²) in [5.74, 6) is 0.939. The Morgan fingerprint density at radius 3 is 2.81 bits per heavy atom. The van der Waals surface area contributed by atoms with Crippen molar-refractivity contribution in [2.45, 2.75) is 57.9 Å². The number of unbranched alkanes of at least 4 members (excludes halogenated alkanes) is 1. The van der Waals surface area contributed by atoms with E-state index in [1.54, 1.807) is 0 Å². The minimum Gasteiger partial charge on any atom is -0.394 e. The van der Waals surface area contributed by atoms with E-state index in [2.05, 4.69) is 28.4 Å². The highest BCUT2D eigenvalue weighted by molar-refractivity contribution is 5.52.